The molecule has 1 aliphatic heterocycles. The van der Waals surface area contributed by atoms with Gasteiger partial charge in [-0.25, -0.2) is 4.98 Å². The molecule has 5 nitrogen and oxygen atoms in total. The zero-order valence-electron chi connectivity index (χ0n) is 15.4. The first-order valence-corrected chi connectivity index (χ1v) is 9.40. The number of aliphatic hydroxyl groups is 1. The number of rotatable bonds is 7. The summed E-state index contributed by atoms with van der Waals surface area (Å²) < 4.78 is 8.02. The molecule has 1 aliphatic rings. The van der Waals surface area contributed by atoms with Gasteiger partial charge in [-0.05, 0) is 18.1 Å². The Morgan fingerprint density at radius 3 is 2.70 bits per heavy atom. The molecule has 0 aliphatic carbocycles. The van der Waals surface area contributed by atoms with Gasteiger partial charge >= 0.3 is 0 Å². The van der Waals surface area contributed by atoms with Gasteiger partial charge in [0, 0.05) is 37.6 Å². The molecule has 0 saturated carbocycles. The average Bonchev–Trinajstić information content (AvgIpc) is 3.35. The second kappa shape index (κ2) is 7.94. The molecule has 1 fully saturated rings. The van der Waals surface area contributed by atoms with Gasteiger partial charge in [-0.3, -0.25) is 4.90 Å². The van der Waals surface area contributed by atoms with Crippen LogP contribution in [0.25, 0.3) is 0 Å². The second-order valence-corrected chi connectivity index (χ2v) is 7.11. The Labute approximate surface area is 159 Å². The van der Waals surface area contributed by atoms with Gasteiger partial charge < -0.3 is 14.4 Å². The Hall–Kier alpha value is -2.63. The summed E-state index contributed by atoms with van der Waals surface area (Å²) in [4.78, 5) is 6.35. The zero-order chi connectivity index (χ0) is 18.5. The Balaban J connectivity index is 1.38. The highest BCUT2D eigenvalue weighted by Crippen LogP contribution is 2.33. The molecule has 0 radical (unpaired) electrons. The van der Waals surface area contributed by atoms with Crippen molar-refractivity contribution in [3.63, 3.8) is 0 Å². The van der Waals surface area contributed by atoms with Gasteiger partial charge in [0.2, 0.25) is 0 Å². The summed E-state index contributed by atoms with van der Waals surface area (Å²) in [6.45, 7) is 3.65. The molecule has 3 aromatic rings. The Kier molecular flexibility index (Phi) is 5.23. The number of hydrogen-bond acceptors (Lipinski definition) is 4. The van der Waals surface area contributed by atoms with Crippen molar-refractivity contribution in [2.75, 3.05) is 19.7 Å². The number of aromatic nitrogens is 2. The van der Waals surface area contributed by atoms with Crippen molar-refractivity contribution in [1.82, 2.24) is 14.5 Å². The van der Waals surface area contributed by atoms with E-state index in [4.69, 9.17) is 4.74 Å². The summed E-state index contributed by atoms with van der Waals surface area (Å²) in [6, 6.07) is 18.1. The topological polar surface area (TPSA) is 50.5 Å². The van der Waals surface area contributed by atoms with Crippen LogP contribution in [0.1, 0.15) is 17.5 Å². The number of likely N-dealkylation sites (tertiary alicyclic amines) is 1. The van der Waals surface area contributed by atoms with E-state index < -0.39 is 5.60 Å². The summed E-state index contributed by atoms with van der Waals surface area (Å²) in [6.07, 6.45) is 6.25. The van der Waals surface area contributed by atoms with Crippen LogP contribution in [0.4, 0.5) is 0 Å². The van der Waals surface area contributed by atoms with Gasteiger partial charge in [0.15, 0.2) is 0 Å². The molecule has 1 atom stereocenters. The zero-order valence-corrected chi connectivity index (χ0v) is 15.4. The average molecular weight is 363 g/mol. The maximum Gasteiger partial charge on any atom is 0.123 e. The van der Waals surface area contributed by atoms with E-state index in [1.54, 1.807) is 12.5 Å². The lowest BCUT2D eigenvalue weighted by atomic mass is 9.93. The molecule has 27 heavy (non-hydrogen) atoms. The van der Waals surface area contributed by atoms with E-state index in [2.05, 4.69) is 16.0 Å². The first-order chi connectivity index (χ1) is 13.2. The summed E-state index contributed by atoms with van der Waals surface area (Å²) in [5.41, 5.74) is 1.39. The lowest BCUT2D eigenvalue weighted by Gasteiger charge is -2.24. The molecule has 140 valence electrons. The second-order valence-electron chi connectivity index (χ2n) is 7.11. The monoisotopic (exact) mass is 363 g/mol. The number of benzene rings is 2. The van der Waals surface area contributed by atoms with E-state index in [1.807, 2.05) is 59.3 Å². The molecule has 2 heterocycles. The van der Waals surface area contributed by atoms with Crippen LogP contribution in [-0.2, 0) is 18.7 Å². The van der Waals surface area contributed by atoms with Crippen LogP contribution in [0.3, 0.4) is 0 Å². The molecular weight excluding hydrogens is 338 g/mol. The molecule has 1 saturated heterocycles. The highest BCUT2D eigenvalue weighted by molar-refractivity contribution is 5.33. The molecule has 1 N–H and O–H groups in total. The Morgan fingerprint density at radius 2 is 1.89 bits per heavy atom. The van der Waals surface area contributed by atoms with E-state index in [0.29, 0.717) is 13.2 Å². The van der Waals surface area contributed by atoms with Crippen molar-refractivity contribution in [3.8, 4) is 5.75 Å². The minimum atomic E-state index is -0.765. The third-order valence-corrected chi connectivity index (χ3v) is 5.17. The van der Waals surface area contributed by atoms with Crippen molar-refractivity contribution in [2.24, 2.45) is 0 Å². The smallest absolute Gasteiger partial charge is 0.123 e. The standard InChI is InChI=1S/C22H25N3O2/c26-22(20-7-2-1-3-8-20)10-12-25(17-22)16-19-6-4-5-9-21(19)27-15-14-24-13-11-23-18-24/h1-9,11,13,18,26H,10,12,14-17H2/t22-/m0/s1. The van der Waals surface area contributed by atoms with Crippen LogP contribution in [0, 0.1) is 0 Å². The number of imidazole rings is 1. The molecule has 2 aromatic carbocycles. The number of hydrogen-bond donors (Lipinski definition) is 1. The van der Waals surface area contributed by atoms with Gasteiger partial charge in [0.25, 0.3) is 0 Å². The third-order valence-electron chi connectivity index (χ3n) is 5.17. The summed E-state index contributed by atoms with van der Waals surface area (Å²) in [5, 5.41) is 11.0. The van der Waals surface area contributed by atoms with Crippen molar-refractivity contribution < 1.29 is 9.84 Å². The Morgan fingerprint density at radius 1 is 1.07 bits per heavy atom. The molecule has 1 aromatic heterocycles. The van der Waals surface area contributed by atoms with E-state index >= 15 is 0 Å². The fourth-order valence-electron chi connectivity index (χ4n) is 3.69. The lowest BCUT2D eigenvalue weighted by molar-refractivity contribution is 0.0452. The number of nitrogens with zero attached hydrogens (tertiary/aromatic N) is 3. The molecule has 0 unspecified atom stereocenters. The van der Waals surface area contributed by atoms with Gasteiger partial charge in [0.05, 0.1) is 12.9 Å². The number of para-hydroxylation sites is 1. The Bertz CT molecular complexity index is 851. The van der Waals surface area contributed by atoms with Crippen molar-refractivity contribution in [2.45, 2.75) is 25.1 Å². The van der Waals surface area contributed by atoms with Crippen LogP contribution < -0.4 is 4.74 Å². The molecule has 0 bridgehead atoms. The van der Waals surface area contributed by atoms with Crippen LogP contribution in [-0.4, -0.2) is 39.3 Å². The van der Waals surface area contributed by atoms with Crippen molar-refractivity contribution in [3.05, 3.63) is 84.4 Å². The van der Waals surface area contributed by atoms with Gasteiger partial charge in [-0.15, -0.1) is 0 Å². The normalized spacial score (nSPS) is 20.0. The van der Waals surface area contributed by atoms with E-state index in [0.717, 1.165) is 42.9 Å². The predicted octanol–water partition coefficient (Wildman–Crippen LogP) is 3.06. The number of β-amino-alcohol motifs (C(OH)–C–C–N with tert-alkyl or cyclic N) is 1. The van der Waals surface area contributed by atoms with Gasteiger partial charge in [-0.1, -0.05) is 48.5 Å². The number of ether oxygens (including phenoxy) is 1. The first kappa shape index (κ1) is 17.8. The summed E-state index contributed by atoms with van der Waals surface area (Å²) >= 11 is 0. The minimum Gasteiger partial charge on any atom is -0.491 e. The SMILES string of the molecule is O[C@@]1(c2ccccc2)CCN(Cc2ccccc2OCCn2ccnc2)C1. The van der Waals surface area contributed by atoms with E-state index in [1.165, 1.54) is 0 Å². The maximum absolute atomic E-state index is 11.0. The van der Waals surface area contributed by atoms with Gasteiger partial charge in [-0.2, -0.15) is 0 Å². The van der Waals surface area contributed by atoms with E-state index in [-0.39, 0.29) is 0 Å². The fourth-order valence-corrected chi connectivity index (χ4v) is 3.69. The molecular formula is C22H25N3O2. The molecule has 0 spiro atoms. The highest BCUT2D eigenvalue weighted by Gasteiger charge is 2.37. The van der Waals surface area contributed by atoms with Crippen LogP contribution in [0.5, 0.6) is 5.75 Å². The molecule has 0 amide bonds. The lowest BCUT2D eigenvalue weighted by Crippen LogP contribution is -2.30. The first-order valence-electron chi connectivity index (χ1n) is 9.40. The molecule has 5 heteroatoms. The quantitative estimate of drug-likeness (QED) is 0.701. The predicted molar refractivity (Wildman–Crippen MR) is 104 cm³/mol. The van der Waals surface area contributed by atoms with E-state index in [9.17, 15) is 5.11 Å². The largest absolute Gasteiger partial charge is 0.491 e. The molecule has 4 rings (SSSR count). The van der Waals surface area contributed by atoms with Crippen molar-refractivity contribution >= 4 is 0 Å². The van der Waals surface area contributed by atoms with Crippen molar-refractivity contribution in [1.29, 1.82) is 0 Å². The maximum atomic E-state index is 11.0. The summed E-state index contributed by atoms with van der Waals surface area (Å²) in [7, 11) is 0. The van der Waals surface area contributed by atoms with Crippen LogP contribution in [0.2, 0.25) is 0 Å². The fraction of sp³-hybridized carbons (Fsp3) is 0.318. The third kappa shape index (κ3) is 4.21. The highest BCUT2D eigenvalue weighted by atomic mass is 16.5. The summed E-state index contributed by atoms with van der Waals surface area (Å²) in [5.74, 6) is 0.910. The van der Waals surface area contributed by atoms with Crippen LogP contribution >= 0.6 is 0 Å². The minimum absolute atomic E-state index is 0.599. The van der Waals surface area contributed by atoms with Gasteiger partial charge in [0.1, 0.15) is 18.0 Å². The van der Waals surface area contributed by atoms with Crippen LogP contribution in [0.15, 0.2) is 73.3 Å².